The van der Waals surface area contributed by atoms with Gasteiger partial charge in [0, 0.05) is 6.42 Å². The molecule has 4 nitrogen and oxygen atoms in total. The molecule has 19 heavy (non-hydrogen) atoms. The second-order valence-corrected chi connectivity index (χ2v) is 3.77. The number of rotatable bonds is 6. The van der Waals surface area contributed by atoms with Crippen molar-refractivity contribution in [2.24, 2.45) is 0 Å². The summed E-state index contributed by atoms with van der Waals surface area (Å²) in [5, 5.41) is 0. The van der Waals surface area contributed by atoms with Crippen molar-refractivity contribution >= 4 is 11.7 Å². The summed E-state index contributed by atoms with van der Waals surface area (Å²) >= 11 is 0. The van der Waals surface area contributed by atoms with Crippen LogP contribution in [-0.2, 0) is 9.53 Å². The molecule has 0 aromatic heterocycles. The van der Waals surface area contributed by atoms with Crippen LogP contribution in [0.25, 0.3) is 0 Å². The second-order valence-electron chi connectivity index (χ2n) is 3.77. The number of halogens is 3. The molecule has 0 heterocycles. The van der Waals surface area contributed by atoms with Gasteiger partial charge >= 0.3 is 12.1 Å². The van der Waals surface area contributed by atoms with Gasteiger partial charge < -0.3 is 15.2 Å². The maximum Gasteiger partial charge on any atom is 0.389 e. The molecule has 0 atom stereocenters. The number of carbonyl (C=O) groups is 1. The zero-order chi connectivity index (χ0) is 14.3. The highest BCUT2D eigenvalue weighted by Crippen LogP contribution is 2.21. The first-order chi connectivity index (χ1) is 8.88. The van der Waals surface area contributed by atoms with Crippen LogP contribution in [0.1, 0.15) is 12.8 Å². The van der Waals surface area contributed by atoms with E-state index in [1.807, 2.05) is 0 Å². The smallest absolute Gasteiger partial charge is 0.389 e. The standard InChI is InChI=1S/C12H14F3NO3/c13-12(14,15)6-3-7-18-11(17)8-19-10-5-2-1-4-9(10)16/h1-2,4-5H,3,6-8,16H2. The van der Waals surface area contributed by atoms with Crippen molar-refractivity contribution in [3.8, 4) is 5.75 Å². The largest absolute Gasteiger partial charge is 0.480 e. The maximum atomic E-state index is 11.8. The number of carbonyl (C=O) groups excluding carboxylic acids is 1. The number of nitrogens with two attached hydrogens (primary N) is 1. The molecule has 7 heteroatoms. The van der Waals surface area contributed by atoms with Crippen LogP contribution in [0.15, 0.2) is 24.3 Å². The summed E-state index contributed by atoms with van der Waals surface area (Å²) in [5.74, 6) is -0.403. The lowest BCUT2D eigenvalue weighted by Gasteiger charge is -2.09. The van der Waals surface area contributed by atoms with Gasteiger partial charge in [0.25, 0.3) is 0 Å². The summed E-state index contributed by atoms with van der Waals surface area (Å²) in [5.41, 5.74) is 5.94. The number of esters is 1. The van der Waals surface area contributed by atoms with Crippen LogP contribution in [0.2, 0.25) is 0 Å². The van der Waals surface area contributed by atoms with Crippen LogP contribution in [0.4, 0.5) is 18.9 Å². The topological polar surface area (TPSA) is 61.5 Å². The molecule has 0 fully saturated rings. The van der Waals surface area contributed by atoms with Crippen LogP contribution in [0.5, 0.6) is 5.75 Å². The monoisotopic (exact) mass is 277 g/mol. The average Bonchev–Trinajstić information content (AvgIpc) is 2.32. The first-order valence-corrected chi connectivity index (χ1v) is 5.58. The molecule has 1 aromatic carbocycles. The SMILES string of the molecule is Nc1ccccc1OCC(=O)OCCCC(F)(F)F. The number of para-hydroxylation sites is 2. The summed E-state index contributed by atoms with van der Waals surface area (Å²) in [4.78, 5) is 11.2. The molecular formula is C12H14F3NO3. The summed E-state index contributed by atoms with van der Waals surface area (Å²) in [6, 6.07) is 6.56. The molecule has 0 saturated heterocycles. The Hall–Kier alpha value is -1.92. The molecule has 0 unspecified atom stereocenters. The predicted octanol–water partition coefficient (Wildman–Crippen LogP) is 2.53. The van der Waals surface area contributed by atoms with E-state index in [1.54, 1.807) is 24.3 Å². The second kappa shape index (κ2) is 6.86. The number of ether oxygens (including phenoxy) is 2. The number of hydrogen-bond donors (Lipinski definition) is 1. The highest BCUT2D eigenvalue weighted by atomic mass is 19.4. The first-order valence-electron chi connectivity index (χ1n) is 5.58. The van der Waals surface area contributed by atoms with E-state index in [4.69, 9.17) is 10.5 Å². The fourth-order valence-electron chi connectivity index (χ4n) is 1.25. The van der Waals surface area contributed by atoms with E-state index >= 15 is 0 Å². The number of hydrogen-bond acceptors (Lipinski definition) is 4. The molecule has 0 bridgehead atoms. The lowest BCUT2D eigenvalue weighted by molar-refractivity contribution is -0.151. The molecule has 1 aromatic rings. The Morgan fingerprint density at radius 1 is 1.26 bits per heavy atom. The van der Waals surface area contributed by atoms with Crippen molar-refractivity contribution in [1.82, 2.24) is 0 Å². The van der Waals surface area contributed by atoms with E-state index in [1.165, 1.54) is 0 Å². The van der Waals surface area contributed by atoms with Crippen LogP contribution in [-0.4, -0.2) is 25.4 Å². The molecule has 0 aliphatic heterocycles. The summed E-state index contributed by atoms with van der Waals surface area (Å²) in [6.07, 6.45) is -5.48. The van der Waals surface area contributed by atoms with E-state index in [0.29, 0.717) is 11.4 Å². The van der Waals surface area contributed by atoms with E-state index in [2.05, 4.69) is 4.74 Å². The molecule has 2 N–H and O–H groups in total. The van der Waals surface area contributed by atoms with E-state index in [0.717, 1.165) is 0 Å². The summed E-state index contributed by atoms with van der Waals surface area (Å²) in [7, 11) is 0. The van der Waals surface area contributed by atoms with Crippen molar-refractivity contribution in [1.29, 1.82) is 0 Å². The Morgan fingerprint density at radius 2 is 1.95 bits per heavy atom. The Bertz CT molecular complexity index is 421. The van der Waals surface area contributed by atoms with Gasteiger partial charge in [-0.1, -0.05) is 12.1 Å². The first kappa shape index (κ1) is 15.1. The summed E-state index contributed by atoms with van der Waals surface area (Å²) in [6.45, 7) is -0.674. The Kier molecular flexibility index (Phi) is 5.47. The van der Waals surface area contributed by atoms with Gasteiger partial charge in [0.2, 0.25) is 0 Å². The number of alkyl halides is 3. The van der Waals surface area contributed by atoms with Crippen molar-refractivity contribution in [3.05, 3.63) is 24.3 Å². The van der Waals surface area contributed by atoms with Gasteiger partial charge in [-0.3, -0.25) is 0 Å². The zero-order valence-corrected chi connectivity index (χ0v) is 10.1. The fourth-order valence-corrected chi connectivity index (χ4v) is 1.25. The van der Waals surface area contributed by atoms with Gasteiger partial charge in [0.15, 0.2) is 6.61 Å². The van der Waals surface area contributed by atoms with Gasteiger partial charge in [-0.2, -0.15) is 13.2 Å². The van der Waals surface area contributed by atoms with E-state index in [9.17, 15) is 18.0 Å². The third-order valence-electron chi connectivity index (χ3n) is 2.13. The lowest BCUT2D eigenvalue weighted by Crippen LogP contribution is -2.17. The molecule has 0 aliphatic rings. The highest BCUT2D eigenvalue weighted by Gasteiger charge is 2.26. The maximum absolute atomic E-state index is 11.8. The fraction of sp³-hybridized carbons (Fsp3) is 0.417. The molecule has 0 radical (unpaired) electrons. The number of anilines is 1. The molecule has 1 rings (SSSR count). The van der Waals surface area contributed by atoms with Crippen molar-refractivity contribution in [2.45, 2.75) is 19.0 Å². The molecule has 0 saturated carbocycles. The normalized spacial score (nSPS) is 11.1. The summed E-state index contributed by atoms with van der Waals surface area (Å²) < 4.78 is 45.1. The van der Waals surface area contributed by atoms with Gasteiger partial charge in [0.1, 0.15) is 5.75 Å². The van der Waals surface area contributed by atoms with Crippen LogP contribution in [0.3, 0.4) is 0 Å². The van der Waals surface area contributed by atoms with Crippen LogP contribution >= 0.6 is 0 Å². The molecular weight excluding hydrogens is 263 g/mol. The van der Waals surface area contributed by atoms with Crippen molar-refractivity contribution < 1.29 is 27.4 Å². The third-order valence-corrected chi connectivity index (χ3v) is 2.13. The van der Waals surface area contributed by atoms with Crippen LogP contribution < -0.4 is 10.5 Å². The van der Waals surface area contributed by atoms with Crippen molar-refractivity contribution in [3.63, 3.8) is 0 Å². The van der Waals surface area contributed by atoms with Crippen LogP contribution in [0, 0.1) is 0 Å². The Labute approximate surface area is 108 Å². The Morgan fingerprint density at radius 3 is 2.58 bits per heavy atom. The van der Waals surface area contributed by atoms with Gasteiger partial charge in [-0.05, 0) is 18.6 Å². The van der Waals surface area contributed by atoms with E-state index in [-0.39, 0.29) is 19.6 Å². The highest BCUT2D eigenvalue weighted by molar-refractivity contribution is 5.71. The van der Waals surface area contributed by atoms with Gasteiger partial charge in [-0.25, -0.2) is 4.79 Å². The molecule has 0 aliphatic carbocycles. The minimum Gasteiger partial charge on any atom is -0.480 e. The van der Waals surface area contributed by atoms with Gasteiger partial charge in [-0.15, -0.1) is 0 Å². The third kappa shape index (κ3) is 6.54. The lowest BCUT2D eigenvalue weighted by atomic mass is 10.3. The average molecular weight is 277 g/mol. The molecule has 0 spiro atoms. The Balaban J connectivity index is 2.20. The minimum atomic E-state index is -4.23. The molecule has 106 valence electrons. The minimum absolute atomic E-state index is 0.261. The van der Waals surface area contributed by atoms with E-state index < -0.39 is 18.6 Å². The van der Waals surface area contributed by atoms with Gasteiger partial charge in [0.05, 0.1) is 12.3 Å². The predicted molar refractivity (Wildman–Crippen MR) is 62.6 cm³/mol. The quantitative estimate of drug-likeness (QED) is 0.493. The number of benzene rings is 1. The number of nitrogen functional groups attached to an aromatic ring is 1. The zero-order valence-electron chi connectivity index (χ0n) is 10.1. The van der Waals surface area contributed by atoms with Crippen molar-refractivity contribution in [2.75, 3.05) is 18.9 Å². The molecule has 0 amide bonds.